The molecular formula is C24H16NO2-. The van der Waals surface area contributed by atoms with Crippen LogP contribution >= 0.6 is 0 Å². The Morgan fingerprint density at radius 2 is 1.44 bits per heavy atom. The number of aromatic carboxylic acids is 1. The first-order chi connectivity index (χ1) is 13.2. The molecule has 3 aromatic carbocycles. The summed E-state index contributed by atoms with van der Waals surface area (Å²) in [6.07, 6.45) is 3.74. The van der Waals surface area contributed by atoms with Crippen LogP contribution < -0.4 is 5.11 Å². The third-order valence-electron chi connectivity index (χ3n) is 4.42. The van der Waals surface area contributed by atoms with Gasteiger partial charge >= 0.3 is 0 Å². The maximum atomic E-state index is 11.5. The van der Waals surface area contributed by atoms with Gasteiger partial charge in [-0.05, 0) is 34.9 Å². The summed E-state index contributed by atoms with van der Waals surface area (Å²) in [5.41, 5.74) is 4.70. The monoisotopic (exact) mass is 350 g/mol. The number of rotatable bonds is 4. The SMILES string of the molecule is O=C([O-])c1cc(/C=C/c2ccc(-c3ccccc3)cc2)nc2ccccc12. The molecule has 0 saturated heterocycles. The zero-order valence-electron chi connectivity index (χ0n) is 14.5. The van der Waals surface area contributed by atoms with Crippen molar-refractivity contribution in [3.63, 3.8) is 0 Å². The second-order valence-electron chi connectivity index (χ2n) is 6.22. The summed E-state index contributed by atoms with van der Waals surface area (Å²) in [5.74, 6) is -1.20. The molecule has 0 aliphatic rings. The number of pyridine rings is 1. The summed E-state index contributed by atoms with van der Waals surface area (Å²) in [6, 6.07) is 27.1. The molecule has 4 rings (SSSR count). The van der Waals surface area contributed by atoms with Gasteiger partial charge in [-0.1, -0.05) is 78.9 Å². The van der Waals surface area contributed by atoms with Crippen molar-refractivity contribution >= 4 is 29.0 Å². The second-order valence-corrected chi connectivity index (χ2v) is 6.22. The largest absolute Gasteiger partial charge is 0.545 e. The number of fused-ring (bicyclic) bond motifs is 1. The van der Waals surface area contributed by atoms with E-state index in [0.29, 0.717) is 16.6 Å². The molecule has 0 bridgehead atoms. The average Bonchev–Trinajstić information content (AvgIpc) is 2.72. The Bertz CT molecular complexity index is 1130. The van der Waals surface area contributed by atoms with E-state index in [1.54, 1.807) is 24.3 Å². The zero-order chi connectivity index (χ0) is 18.6. The van der Waals surface area contributed by atoms with Gasteiger partial charge in [0.25, 0.3) is 0 Å². The Labute approximate surface area is 157 Å². The van der Waals surface area contributed by atoms with Gasteiger partial charge in [-0.25, -0.2) is 4.98 Å². The van der Waals surface area contributed by atoms with Crippen LogP contribution in [-0.4, -0.2) is 11.0 Å². The van der Waals surface area contributed by atoms with Gasteiger partial charge in [-0.15, -0.1) is 0 Å². The van der Waals surface area contributed by atoms with Crippen molar-refractivity contribution in [3.05, 3.63) is 102 Å². The van der Waals surface area contributed by atoms with E-state index >= 15 is 0 Å². The number of nitrogens with zero attached hydrogens (tertiary/aromatic N) is 1. The van der Waals surface area contributed by atoms with E-state index < -0.39 is 5.97 Å². The van der Waals surface area contributed by atoms with Gasteiger partial charge in [-0.3, -0.25) is 0 Å². The molecular weight excluding hydrogens is 334 g/mol. The third kappa shape index (κ3) is 3.62. The highest BCUT2D eigenvalue weighted by atomic mass is 16.4. The number of carbonyl (C=O) groups excluding carboxylic acids is 1. The molecule has 0 aliphatic carbocycles. The van der Waals surface area contributed by atoms with E-state index in [9.17, 15) is 9.90 Å². The summed E-state index contributed by atoms with van der Waals surface area (Å²) in [5, 5.41) is 12.0. The maximum absolute atomic E-state index is 11.5. The topological polar surface area (TPSA) is 53.0 Å². The van der Waals surface area contributed by atoms with Crippen molar-refractivity contribution in [1.82, 2.24) is 4.98 Å². The van der Waals surface area contributed by atoms with Crippen LogP contribution in [0.15, 0.2) is 84.9 Å². The number of aromatic nitrogens is 1. The van der Waals surface area contributed by atoms with Gasteiger partial charge in [0.15, 0.2) is 0 Å². The molecule has 130 valence electrons. The normalized spacial score (nSPS) is 11.1. The molecule has 0 fully saturated rings. The van der Waals surface area contributed by atoms with Crippen LogP contribution in [0.1, 0.15) is 21.6 Å². The summed E-state index contributed by atoms with van der Waals surface area (Å²) in [7, 11) is 0. The summed E-state index contributed by atoms with van der Waals surface area (Å²) < 4.78 is 0. The predicted molar refractivity (Wildman–Crippen MR) is 107 cm³/mol. The van der Waals surface area contributed by atoms with Crippen LogP contribution in [0.5, 0.6) is 0 Å². The van der Waals surface area contributed by atoms with Crippen LogP contribution in [0.2, 0.25) is 0 Å². The number of carboxylic acids is 1. The fourth-order valence-electron chi connectivity index (χ4n) is 3.05. The van der Waals surface area contributed by atoms with Gasteiger partial charge in [-0.2, -0.15) is 0 Å². The molecule has 1 aromatic heterocycles. The molecule has 0 unspecified atom stereocenters. The molecule has 4 aromatic rings. The second kappa shape index (κ2) is 7.26. The first-order valence-electron chi connectivity index (χ1n) is 8.65. The molecule has 3 nitrogen and oxygen atoms in total. The van der Waals surface area contributed by atoms with E-state index in [1.807, 2.05) is 48.6 Å². The van der Waals surface area contributed by atoms with E-state index in [1.165, 1.54) is 5.56 Å². The van der Waals surface area contributed by atoms with Crippen LogP contribution in [0.25, 0.3) is 34.2 Å². The lowest BCUT2D eigenvalue weighted by Gasteiger charge is -2.08. The molecule has 0 amide bonds. The highest BCUT2D eigenvalue weighted by molar-refractivity contribution is 6.02. The van der Waals surface area contributed by atoms with E-state index in [0.717, 1.165) is 11.1 Å². The Morgan fingerprint density at radius 1 is 0.778 bits per heavy atom. The Hall–Kier alpha value is -3.72. The first-order valence-corrected chi connectivity index (χ1v) is 8.65. The van der Waals surface area contributed by atoms with Crippen molar-refractivity contribution in [3.8, 4) is 11.1 Å². The first kappa shape index (κ1) is 16.7. The fraction of sp³-hybridized carbons (Fsp3) is 0. The van der Waals surface area contributed by atoms with Gasteiger partial charge in [0, 0.05) is 10.9 Å². The summed E-state index contributed by atoms with van der Waals surface area (Å²) in [6.45, 7) is 0. The Morgan fingerprint density at radius 3 is 2.19 bits per heavy atom. The predicted octanol–water partition coefficient (Wildman–Crippen LogP) is 4.44. The van der Waals surface area contributed by atoms with Gasteiger partial charge in [0.2, 0.25) is 0 Å². The third-order valence-corrected chi connectivity index (χ3v) is 4.42. The zero-order valence-corrected chi connectivity index (χ0v) is 14.5. The fourth-order valence-corrected chi connectivity index (χ4v) is 3.05. The maximum Gasteiger partial charge on any atom is 0.0722 e. The average molecular weight is 350 g/mol. The number of benzene rings is 3. The van der Waals surface area contributed by atoms with Crippen molar-refractivity contribution in [2.45, 2.75) is 0 Å². The van der Waals surface area contributed by atoms with Crippen LogP contribution in [-0.2, 0) is 0 Å². The molecule has 27 heavy (non-hydrogen) atoms. The minimum Gasteiger partial charge on any atom is -0.545 e. The minimum atomic E-state index is -1.20. The molecule has 0 radical (unpaired) electrons. The lowest BCUT2D eigenvalue weighted by molar-refractivity contribution is -0.254. The van der Waals surface area contributed by atoms with Crippen LogP contribution in [0.3, 0.4) is 0 Å². The molecule has 0 saturated carbocycles. The number of hydrogen-bond acceptors (Lipinski definition) is 3. The van der Waals surface area contributed by atoms with Crippen molar-refractivity contribution in [2.75, 3.05) is 0 Å². The van der Waals surface area contributed by atoms with E-state index in [-0.39, 0.29) is 5.56 Å². The number of para-hydroxylation sites is 1. The Kier molecular flexibility index (Phi) is 4.50. The van der Waals surface area contributed by atoms with E-state index in [4.69, 9.17) is 0 Å². The molecule has 0 aliphatic heterocycles. The highest BCUT2D eigenvalue weighted by Gasteiger charge is 2.05. The molecule has 1 heterocycles. The quantitative estimate of drug-likeness (QED) is 0.547. The number of carbonyl (C=O) groups is 1. The number of hydrogen-bond donors (Lipinski definition) is 0. The lowest BCUT2D eigenvalue weighted by atomic mass is 10.0. The standard InChI is InChI=1S/C24H17NO2/c26-24(27)22-16-20(25-23-9-5-4-8-21(22)23)15-12-17-10-13-19(14-11-17)18-6-2-1-3-7-18/h1-16H,(H,26,27)/p-1/b15-12+. The van der Waals surface area contributed by atoms with E-state index in [2.05, 4.69) is 29.2 Å². The van der Waals surface area contributed by atoms with Gasteiger partial charge < -0.3 is 9.90 Å². The summed E-state index contributed by atoms with van der Waals surface area (Å²) >= 11 is 0. The number of carboxylic acid groups (broad SMARTS) is 1. The van der Waals surface area contributed by atoms with Gasteiger partial charge in [0.1, 0.15) is 0 Å². The van der Waals surface area contributed by atoms with Crippen LogP contribution in [0.4, 0.5) is 0 Å². The van der Waals surface area contributed by atoms with Crippen molar-refractivity contribution in [2.24, 2.45) is 0 Å². The molecule has 0 N–H and O–H groups in total. The Balaban J connectivity index is 1.64. The molecule has 3 heteroatoms. The minimum absolute atomic E-state index is 0.152. The summed E-state index contributed by atoms with van der Waals surface area (Å²) in [4.78, 5) is 16.0. The smallest absolute Gasteiger partial charge is 0.0722 e. The lowest BCUT2D eigenvalue weighted by Crippen LogP contribution is -2.22. The van der Waals surface area contributed by atoms with Gasteiger partial charge in [0.05, 0.1) is 17.2 Å². The van der Waals surface area contributed by atoms with Crippen molar-refractivity contribution in [1.29, 1.82) is 0 Å². The molecule has 0 spiro atoms. The molecule has 0 atom stereocenters. The highest BCUT2D eigenvalue weighted by Crippen LogP contribution is 2.21. The van der Waals surface area contributed by atoms with Crippen LogP contribution in [0, 0.1) is 0 Å². The van der Waals surface area contributed by atoms with Crippen molar-refractivity contribution < 1.29 is 9.90 Å².